The zero-order valence-corrected chi connectivity index (χ0v) is 13.9. The number of benzene rings is 1. The number of rotatable bonds is 6. The van der Waals surface area contributed by atoms with Crippen molar-refractivity contribution in [3.8, 4) is 0 Å². The molecule has 0 saturated heterocycles. The predicted octanol–water partition coefficient (Wildman–Crippen LogP) is 2.44. The minimum absolute atomic E-state index is 0.126. The third-order valence-corrected chi connectivity index (χ3v) is 5.62. The number of sulfone groups is 1. The number of aromatic nitrogens is 4. The molecule has 0 bridgehead atoms. The lowest BCUT2D eigenvalue weighted by atomic mass is 10.2. The van der Waals surface area contributed by atoms with Crippen LogP contribution in [0.25, 0.3) is 0 Å². The van der Waals surface area contributed by atoms with Gasteiger partial charge in [-0.25, -0.2) is 13.4 Å². The van der Waals surface area contributed by atoms with E-state index in [1.54, 1.807) is 27.7 Å². The van der Waals surface area contributed by atoms with Crippen LogP contribution in [0.2, 0.25) is 0 Å². The highest BCUT2D eigenvalue weighted by molar-refractivity contribution is 7.90. The van der Waals surface area contributed by atoms with Gasteiger partial charge in [-0.05, 0) is 24.5 Å². The van der Waals surface area contributed by atoms with Gasteiger partial charge in [0.15, 0.2) is 0 Å². The van der Waals surface area contributed by atoms with Gasteiger partial charge in [-0.1, -0.05) is 30.3 Å². The number of hydrogen-bond donors (Lipinski definition) is 0. The molecule has 0 aliphatic heterocycles. The van der Waals surface area contributed by atoms with Crippen LogP contribution in [0.5, 0.6) is 0 Å². The normalized spacial score (nSPS) is 14.8. The van der Waals surface area contributed by atoms with Crippen molar-refractivity contribution in [2.24, 2.45) is 0 Å². The maximum atomic E-state index is 12.7. The Morgan fingerprint density at radius 2 is 1.88 bits per heavy atom. The second kappa shape index (κ2) is 5.90. The van der Waals surface area contributed by atoms with E-state index in [1.807, 2.05) is 36.5 Å². The van der Waals surface area contributed by atoms with Crippen LogP contribution in [-0.2, 0) is 22.1 Å². The van der Waals surface area contributed by atoms with E-state index in [4.69, 9.17) is 0 Å². The fourth-order valence-corrected chi connectivity index (χ4v) is 4.19. The average molecular weight is 342 g/mol. The molecule has 24 heavy (non-hydrogen) atoms. The number of imidazole rings is 1. The van der Waals surface area contributed by atoms with Crippen LogP contribution in [-0.4, -0.2) is 27.7 Å². The molecular formula is C17H18N4O2S. The van der Waals surface area contributed by atoms with Gasteiger partial charge in [-0.15, -0.1) is 0 Å². The predicted molar refractivity (Wildman–Crippen MR) is 89.2 cm³/mol. The maximum Gasteiger partial charge on any atom is 0.228 e. The smallest absolute Gasteiger partial charge is 0.228 e. The highest BCUT2D eigenvalue weighted by Crippen LogP contribution is 2.36. The summed E-state index contributed by atoms with van der Waals surface area (Å²) in [6.45, 7) is 0.623. The molecule has 0 atom stereocenters. The molecule has 0 amide bonds. The summed E-state index contributed by atoms with van der Waals surface area (Å²) in [5, 5.41) is 4.55. The van der Waals surface area contributed by atoms with Crippen LogP contribution >= 0.6 is 0 Å². The summed E-state index contributed by atoms with van der Waals surface area (Å²) in [4.78, 5) is 4.06. The topological polar surface area (TPSA) is 69.8 Å². The van der Waals surface area contributed by atoms with Gasteiger partial charge in [0.1, 0.15) is 5.75 Å². The van der Waals surface area contributed by atoms with Gasteiger partial charge in [0.2, 0.25) is 15.0 Å². The van der Waals surface area contributed by atoms with Crippen molar-refractivity contribution in [3.63, 3.8) is 0 Å². The van der Waals surface area contributed by atoms with Crippen molar-refractivity contribution in [2.45, 2.75) is 36.3 Å². The van der Waals surface area contributed by atoms with E-state index in [1.165, 1.54) is 0 Å². The number of nitrogens with zero attached hydrogens (tertiary/aromatic N) is 4. The zero-order chi connectivity index (χ0) is 16.6. The van der Waals surface area contributed by atoms with Crippen LogP contribution in [0.4, 0.5) is 0 Å². The monoisotopic (exact) mass is 342 g/mol. The highest BCUT2D eigenvalue weighted by Gasteiger charge is 2.31. The molecule has 1 fully saturated rings. The van der Waals surface area contributed by atoms with Crippen molar-refractivity contribution in [1.29, 1.82) is 0 Å². The van der Waals surface area contributed by atoms with Crippen molar-refractivity contribution in [2.75, 3.05) is 0 Å². The summed E-state index contributed by atoms with van der Waals surface area (Å²) in [5.41, 5.74) is 1.66. The molecule has 2 aromatic heterocycles. The summed E-state index contributed by atoms with van der Waals surface area (Å²) in [5.74, 6) is -0.126. The van der Waals surface area contributed by atoms with Crippen LogP contribution in [0, 0.1) is 0 Å². The number of hydrogen-bond acceptors (Lipinski definition) is 4. The Kier molecular flexibility index (Phi) is 3.72. The van der Waals surface area contributed by atoms with Crippen molar-refractivity contribution in [3.05, 3.63) is 66.2 Å². The molecule has 7 heteroatoms. The summed E-state index contributed by atoms with van der Waals surface area (Å²) < 4.78 is 28.8. The minimum atomic E-state index is -3.49. The Balaban J connectivity index is 1.52. The Morgan fingerprint density at radius 3 is 2.62 bits per heavy atom. The van der Waals surface area contributed by atoms with Crippen molar-refractivity contribution < 1.29 is 8.42 Å². The molecule has 0 spiro atoms. The Hall–Kier alpha value is -2.41. The van der Waals surface area contributed by atoms with E-state index in [0.29, 0.717) is 12.2 Å². The van der Waals surface area contributed by atoms with Crippen LogP contribution in [0.15, 0.2) is 60.1 Å². The molecular weight excluding hydrogens is 324 g/mol. The largest absolute Gasteiger partial charge is 0.319 e. The zero-order valence-electron chi connectivity index (χ0n) is 13.1. The second-order valence-corrected chi connectivity index (χ2v) is 7.98. The molecule has 1 aliphatic carbocycles. The van der Waals surface area contributed by atoms with Gasteiger partial charge in [0, 0.05) is 24.6 Å². The van der Waals surface area contributed by atoms with E-state index in [-0.39, 0.29) is 17.0 Å². The van der Waals surface area contributed by atoms with E-state index in [2.05, 4.69) is 10.1 Å². The molecule has 1 aliphatic rings. The lowest BCUT2D eigenvalue weighted by molar-refractivity contribution is 0.563. The molecule has 2 heterocycles. The summed E-state index contributed by atoms with van der Waals surface area (Å²) in [7, 11) is -3.49. The molecule has 1 saturated carbocycles. The quantitative estimate of drug-likeness (QED) is 0.690. The van der Waals surface area contributed by atoms with E-state index >= 15 is 0 Å². The SMILES string of the molecule is O=S(=O)(Cc1ccn(Cc2ccccc2)n1)c1nccn1C1CC1. The van der Waals surface area contributed by atoms with Crippen LogP contribution in [0.1, 0.15) is 30.1 Å². The first-order valence-electron chi connectivity index (χ1n) is 7.94. The molecule has 4 rings (SSSR count). The van der Waals surface area contributed by atoms with Crippen LogP contribution < -0.4 is 0 Å². The van der Waals surface area contributed by atoms with Gasteiger partial charge in [-0.2, -0.15) is 5.10 Å². The van der Waals surface area contributed by atoms with Crippen molar-refractivity contribution >= 4 is 9.84 Å². The van der Waals surface area contributed by atoms with E-state index in [0.717, 1.165) is 18.4 Å². The second-order valence-electron chi connectivity index (χ2n) is 6.10. The maximum absolute atomic E-state index is 12.7. The molecule has 3 aromatic rings. The molecule has 0 radical (unpaired) electrons. The first-order valence-corrected chi connectivity index (χ1v) is 9.59. The third-order valence-electron chi connectivity index (χ3n) is 4.07. The third kappa shape index (κ3) is 3.12. The lowest BCUT2D eigenvalue weighted by Gasteiger charge is -2.06. The van der Waals surface area contributed by atoms with Gasteiger partial charge in [0.05, 0.1) is 12.2 Å². The van der Waals surface area contributed by atoms with Gasteiger partial charge < -0.3 is 4.57 Å². The fourth-order valence-electron chi connectivity index (χ4n) is 2.77. The molecule has 124 valence electrons. The van der Waals surface area contributed by atoms with Gasteiger partial charge >= 0.3 is 0 Å². The Morgan fingerprint density at radius 1 is 1.08 bits per heavy atom. The summed E-state index contributed by atoms with van der Waals surface area (Å²) in [6.07, 6.45) is 7.15. The van der Waals surface area contributed by atoms with Crippen LogP contribution in [0.3, 0.4) is 0 Å². The lowest BCUT2D eigenvalue weighted by Crippen LogP contribution is -2.13. The molecule has 1 aromatic carbocycles. The van der Waals surface area contributed by atoms with E-state index in [9.17, 15) is 8.42 Å². The molecule has 0 N–H and O–H groups in total. The first kappa shape index (κ1) is 15.1. The standard InChI is InChI=1S/C17H18N4O2S/c22-24(23,17-18-9-11-21(17)16-6-7-16)13-15-8-10-20(19-15)12-14-4-2-1-3-5-14/h1-5,8-11,16H,6-7,12-13H2. The minimum Gasteiger partial charge on any atom is -0.319 e. The van der Waals surface area contributed by atoms with Gasteiger partial charge in [-0.3, -0.25) is 4.68 Å². The van der Waals surface area contributed by atoms with Crippen molar-refractivity contribution in [1.82, 2.24) is 19.3 Å². The summed E-state index contributed by atoms with van der Waals surface area (Å²) in [6, 6.07) is 12.0. The molecule has 0 unspecified atom stereocenters. The Labute approximate surface area is 140 Å². The highest BCUT2D eigenvalue weighted by atomic mass is 32.2. The van der Waals surface area contributed by atoms with E-state index < -0.39 is 9.84 Å². The molecule has 6 nitrogen and oxygen atoms in total. The first-order chi connectivity index (χ1) is 11.6. The Bertz CT molecular complexity index is 940. The average Bonchev–Trinajstić information content (AvgIpc) is 3.11. The fraction of sp³-hybridized carbons (Fsp3) is 0.294. The summed E-state index contributed by atoms with van der Waals surface area (Å²) >= 11 is 0. The van der Waals surface area contributed by atoms with Gasteiger partial charge in [0.25, 0.3) is 0 Å².